The highest BCUT2D eigenvalue weighted by atomic mass is 15.6. The molecule has 0 aromatic rings. The lowest BCUT2D eigenvalue weighted by Crippen LogP contribution is -2.55. The zero-order valence-electron chi connectivity index (χ0n) is 9.07. The average Bonchev–Trinajstić information content (AvgIpc) is 2.07. The molecule has 12 heavy (non-hydrogen) atoms. The topological polar surface area (TPSA) is 15.3 Å². The first-order chi connectivity index (χ1) is 5.31. The average molecular weight is 170 g/mol. The summed E-state index contributed by atoms with van der Waals surface area (Å²) in [5.74, 6) is 0. The van der Waals surface area contributed by atoms with Crippen molar-refractivity contribution in [1.29, 1.82) is 0 Å². The third-order valence-electron chi connectivity index (χ3n) is 2.37. The van der Waals surface area contributed by atoms with E-state index in [0.29, 0.717) is 5.54 Å². The minimum absolute atomic E-state index is 0.196. The zero-order chi connectivity index (χ0) is 9.41. The minimum Gasteiger partial charge on any atom is -0.249 e. The van der Waals surface area contributed by atoms with Crippen LogP contribution in [0, 0.1) is 0 Å². The monoisotopic (exact) mass is 170 g/mol. The van der Waals surface area contributed by atoms with Crippen LogP contribution in [-0.2, 0) is 0 Å². The van der Waals surface area contributed by atoms with Crippen LogP contribution < -0.4 is 5.43 Å². The molecule has 1 fully saturated rings. The van der Waals surface area contributed by atoms with Gasteiger partial charge in [0.15, 0.2) is 0 Å². The molecule has 0 spiro atoms. The fourth-order valence-electron chi connectivity index (χ4n) is 1.72. The first kappa shape index (κ1) is 10.0. The van der Waals surface area contributed by atoms with Crippen molar-refractivity contribution >= 4 is 0 Å². The van der Waals surface area contributed by atoms with Gasteiger partial charge in [0.05, 0.1) is 0 Å². The predicted molar refractivity (Wildman–Crippen MR) is 52.9 cm³/mol. The van der Waals surface area contributed by atoms with Crippen LogP contribution in [0.2, 0.25) is 0 Å². The van der Waals surface area contributed by atoms with Gasteiger partial charge >= 0.3 is 0 Å². The van der Waals surface area contributed by atoms with Gasteiger partial charge in [0.1, 0.15) is 0 Å². The van der Waals surface area contributed by atoms with E-state index in [2.05, 4.69) is 45.1 Å². The second kappa shape index (κ2) is 3.00. The van der Waals surface area contributed by atoms with Gasteiger partial charge in [0.2, 0.25) is 0 Å². The molecule has 1 rings (SSSR count). The molecule has 0 radical (unpaired) electrons. The summed E-state index contributed by atoms with van der Waals surface area (Å²) in [6, 6.07) is 0. The molecule has 0 atom stereocenters. The SMILES string of the molecule is CC(C)(C)NN1CCCC1(C)C. The summed E-state index contributed by atoms with van der Waals surface area (Å²) in [4.78, 5) is 0. The van der Waals surface area contributed by atoms with Crippen molar-refractivity contribution in [3.05, 3.63) is 0 Å². The first-order valence-electron chi connectivity index (χ1n) is 4.87. The normalized spacial score (nSPS) is 24.8. The van der Waals surface area contributed by atoms with Crippen molar-refractivity contribution < 1.29 is 0 Å². The van der Waals surface area contributed by atoms with E-state index in [1.54, 1.807) is 0 Å². The van der Waals surface area contributed by atoms with E-state index in [1.165, 1.54) is 19.4 Å². The van der Waals surface area contributed by atoms with Gasteiger partial charge in [-0.2, -0.15) is 0 Å². The molecule has 0 aromatic carbocycles. The van der Waals surface area contributed by atoms with Gasteiger partial charge in [0, 0.05) is 17.6 Å². The van der Waals surface area contributed by atoms with Crippen molar-refractivity contribution in [3.8, 4) is 0 Å². The van der Waals surface area contributed by atoms with E-state index in [1.807, 2.05) is 0 Å². The highest BCUT2D eigenvalue weighted by Gasteiger charge is 2.33. The minimum atomic E-state index is 0.196. The lowest BCUT2D eigenvalue weighted by molar-refractivity contribution is 0.0632. The van der Waals surface area contributed by atoms with Crippen LogP contribution in [0.1, 0.15) is 47.5 Å². The Balaban J connectivity index is 2.53. The molecule has 1 aliphatic rings. The smallest absolute Gasteiger partial charge is 0.0298 e. The van der Waals surface area contributed by atoms with E-state index in [-0.39, 0.29) is 5.54 Å². The third-order valence-corrected chi connectivity index (χ3v) is 2.37. The Hall–Kier alpha value is -0.0800. The maximum Gasteiger partial charge on any atom is 0.0298 e. The van der Waals surface area contributed by atoms with E-state index in [0.717, 1.165) is 0 Å². The molecule has 2 nitrogen and oxygen atoms in total. The number of nitrogens with zero attached hydrogens (tertiary/aromatic N) is 1. The number of hydrogen-bond acceptors (Lipinski definition) is 2. The van der Waals surface area contributed by atoms with Crippen LogP contribution in [0.5, 0.6) is 0 Å². The van der Waals surface area contributed by atoms with Crippen LogP contribution in [0.15, 0.2) is 0 Å². The molecule has 0 unspecified atom stereocenters. The largest absolute Gasteiger partial charge is 0.249 e. The van der Waals surface area contributed by atoms with Gasteiger partial charge in [-0.15, -0.1) is 0 Å². The third kappa shape index (κ3) is 2.46. The fourth-order valence-corrected chi connectivity index (χ4v) is 1.72. The second-order valence-corrected chi connectivity index (χ2v) is 5.43. The molecule has 1 N–H and O–H groups in total. The number of rotatable bonds is 1. The fraction of sp³-hybridized carbons (Fsp3) is 1.00. The molecule has 0 saturated carbocycles. The summed E-state index contributed by atoms with van der Waals surface area (Å²) in [5.41, 5.74) is 4.08. The number of hydrogen-bond donors (Lipinski definition) is 1. The van der Waals surface area contributed by atoms with Crippen molar-refractivity contribution in [1.82, 2.24) is 10.4 Å². The first-order valence-corrected chi connectivity index (χ1v) is 4.87. The lowest BCUT2D eigenvalue weighted by Gasteiger charge is -2.37. The molecule has 2 heteroatoms. The number of nitrogens with one attached hydrogen (secondary N) is 1. The Morgan fingerprint density at radius 1 is 1.25 bits per heavy atom. The molecule has 0 bridgehead atoms. The Kier molecular flexibility index (Phi) is 2.50. The summed E-state index contributed by atoms with van der Waals surface area (Å²) < 4.78 is 0. The summed E-state index contributed by atoms with van der Waals surface area (Å²) >= 11 is 0. The summed E-state index contributed by atoms with van der Waals surface area (Å²) in [5, 5.41) is 2.38. The molecule has 0 aromatic heterocycles. The molecule has 1 saturated heterocycles. The highest BCUT2D eigenvalue weighted by Crippen LogP contribution is 2.27. The number of hydrazine groups is 1. The van der Waals surface area contributed by atoms with Gasteiger partial charge in [-0.1, -0.05) is 0 Å². The van der Waals surface area contributed by atoms with Crippen molar-refractivity contribution in [2.45, 2.75) is 58.5 Å². The van der Waals surface area contributed by atoms with E-state index in [4.69, 9.17) is 0 Å². The second-order valence-electron chi connectivity index (χ2n) is 5.43. The maximum atomic E-state index is 3.54. The summed E-state index contributed by atoms with van der Waals surface area (Å²) in [6.45, 7) is 12.4. The van der Waals surface area contributed by atoms with Crippen LogP contribution in [0.4, 0.5) is 0 Å². The zero-order valence-corrected chi connectivity index (χ0v) is 9.07. The highest BCUT2D eigenvalue weighted by molar-refractivity contribution is 4.87. The van der Waals surface area contributed by atoms with Crippen LogP contribution in [-0.4, -0.2) is 22.6 Å². The molecule has 1 heterocycles. The van der Waals surface area contributed by atoms with Crippen LogP contribution >= 0.6 is 0 Å². The van der Waals surface area contributed by atoms with Gasteiger partial charge in [-0.25, -0.2) is 10.4 Å². The Morgan fingerprint density at radius 2 is 1.83 bits per heavy atom. The maximum absolute atomic E-state index is 3.54. The summed E-state index contributed by atoms with van der Waals surface area (Å²) in [7, 11) is 0. The Morgan fingerprint density at radius 3 is 2.17 bits per heavy atom. The van der Waals surface area contributed by atoms with E-state index in [9.17, 15) is 0 Å². The van der Waals surface area contributed by atoms with Gasteiger partial charge in [-0.3, -0.25) is 0 Å². The van der Waals surface area contributed by atoms with E-state index < -0.39 is 0 Å². The molecular weight excluding hydrogens is 148 g/mol. The molecule has 1 aliphatic heterocycles. The Bertz CT molecular complexity index is 156. The molecular formula is C10H22N2. The van der Waals surface area contributed by atoms with Crippen molar-refractivity contribution in [2.75, 3.05) is 6.54 Å². The standard InChI is InChI=1S/C10H22N2/c1-9(2,3)11-12-8-6-7-10(12,4)5/h11H,6-8H2,1-5H3. The van der Waals surface area contributed by atoms with Crippen LogP contribution in [0.25, 0.3) is 0 Å². The van der Waals surface area contributed by atoms with Gasteiger partial charge < -0.3 is 0 Å². The summed E-state index contributed by atoms with van der Waals surface area (Å²) in [6.07, 6.45) is 2.62. The molecule has 72 valence electrons. The van der Waals surface area contributed by atoms with Crippen LogP contribution in [0.3, 0.4) is 0 Å². The molecule has 0 amide bonds. The quantitative estimate of drug-likeness (QED) is 0.649. The Labute approximate surface area is 76.3 Å². The van der Waals surface area contributed by atoms with Gasteiger partial charge in [-0.05, 0) is 47.5 Å². The lowest BCUT2D eigenvalue weighted by atomic mass is 10.0. The van der Waals surface area contributed by atoms with Crippen molar-refractivity contribution in [3.63, 3.8) is 0 Å². The van der Waals surface area contributed by atoms with E-state index >= 15 is 0 Å². The molecule has 0 aliphatic carbocycles. The van der Waals surface area contributed by atoms with Crippen molar-refractivity contribution in [2.24, 2.45) is 0 Å². The predicted octanol–water partition coefficient (Wildman–Crippen LogP) is 2.16. The van der Waals surface area contributed by atoms with Gasteiger partial charge in [0.25, 0.3) is 0 Å².